The molecule has 0 saturated heterocycles. The van der Waals surface area contributed by atoms with Crippen LogP contribution in [-0.2, 0) is 4.79 Å². The first-order chi connectivity index (χ1) is 8.17. The number of hydrogen-bond acceptors (Lipinski definition) is 4. The van der Waals surface area contributed by atoms with Crippen molar-refractivity contribution < 1.29 is 14.6 Å². The van der Waals surface area contributed by atoms with Gasteiger partial charge in [0.2, 0.25) is 5.91 Å². The molecule has 0 saturated carbocycles. The number of hydrogen-bond donors (Lipinski definition) is 3. The summed E-state index contributed by atoms with van der Waals surface area (Å²) >= 11 is 0. The molecule has 0 aromatic heterocycles. The van der Waals surface area contributed by atoms with Crippen molar-refractivity contribution in [1.29, 1.82) is 0 Å². The summed E-state index contributed by atoms with van der Waals surface area (Å²) in [5.74, 6) is 0.597. The molecule has 1 amide bonds. The molecule has 0 aliphatic heterocycles. The topological polar surface area (TPSA) is 70.6 Å². The minimum Gasteiger partial charge on any atom is -0.497 e. The van der Waals surface area contributed by atoms with Gasteiger partial charge in [0.15, 0.2) is 0 Å². The first-order valence-electron chi connectivity index (χ1n) is 5.40. The van der Waals surface area contributed by atoms with E-state index in [1.54, 1.807) is 38.4 Å². The van der Waals surface area contributed by atoms with E-state index in [2.05, 4.69) is 10.6 Å². The smallest absolute Gasteiger partial charge is 0.234 e. The second kappa shape index (κ2) is 6.88. The molecule has 1 unspecified atom stereocenters. The molecule has 0 aliphatic rings. The van der Waals surface area contributed by atoms with E-state index < -0.39 is 6.10 Å². The molecule has 1 atom stereocenters. The Bertz CT molecular complexity index is 351. The molecule has 1 rings (SSSR count). The molecular weight excluding hydrogens is 220 g/mol. The number of likely N-dealkylation sites (N-methyl/N-ethyl adjacent to an activating group) is 1. The fourth-order valence-corrected chi connectivity index (χ4v) is 1.38. The van der Waals surface area contributed by atoms with Gasteiger partial charge in [0, 0.05) is 6.54 Å². The van der Waals surface area contributed by atoms with Gasteiger partial charge in [-0.15, -0.1) is 0 Å². The zero-order valence-corrected chi connectivity index (χ0v) is 10.1. The molecule has 0 bridgehead atoms. The van der Waals surface area contributed by atoms with E-state index in [1.165, 1.54) is 0 Å². The first kappa shape index (κ1) is 13.5. The van der Waals surface area contributed by atoms with Gasteiger partial charge in [-0.2, -0.15) is 0 Å². The van der Waals surface area contributed by atoms with E-state index in [9.17, 15) is 9.90 Å². The minimum absolute atomic E-state index is 0.139. The van der Waals surface area contributed by atoms with E-state index >= 15 is 0 Å². The van der Waals surface area contributed by atoms with Crippen molar-refractivity contribution >= 4 is 5.91 Å². The summed E-state index contributed by atoms with van der Waals surface area (Å²) in [6.45, 7) is 0.447. The Hall–Kier alpha value is -1.59. The van der Waals surface area contributed by atoms with Gasteiger partial charge in [0.05, 0.1) is 19.8 Å². The van der Waals surface area contributed by atoms with Crippen LogP contribution in [0.1, 0.15) is 11.7 Å². The molecular formula is C12H18N2O3. The summed E-state index contributed by atoms with van der Waals surface area (Å²) in [7, 11) is 3.28. The molecule has 94 valence electrons. The van der Waals surface area contributed by atoms with Gasteiger partial charge in [-0.3, -0.25) is 4.79 Å². The highest BCUT2D eigenvalue weighted by atomic mass is 16.5. The Morgan fingerprint density at radius 2 is 2.06 bits per heavy atom. The van der Waals surface area contributed by atoms with Crippen molar-refractivity contribution in [2.45, 2.75) is 6.10 Å². The van der Waals surface area contributed by atoms with E-state index in [-0.39, 0.29) is 19.0 Å². The van der Waals surface area contributed by atoms with Crippen LogP contribution in [0.15, 0.2) is 24.3 Å². The highest BCUT2D eigenvalue weighted by Gasteiger charge is 2.08. The minimum atomic E-state index is -0.707. The van der Waals surface area contributed by atoms with Crippen LogP contribution in [0.2, 0.25) is 0 Å². The maximum absolute atomic E-state index is 11.2. The van der Waals surface area contributed by atoms with E-state index in [1.807, 2.05) is 0 Å². The van der Waals surface area contributed by atoms with Crippen LogP contribution >= 0.6 is 0 Å². The summed E-state index contributed by atoms with van der Waals surface area (Å²) in [6.07, 6.45) is -0.707. The molecule has 0 spiro atoms. The SMILES string of the molecule is CNCC(=O)NCC(O)c1ccc(OC)cc1. The van der Waals surface area contributed by atoms with Crippen LogP contribution in [0.5, 0.6) is 5.75 Å². The highest BCUT2D eigenvalue weighted by molar-refractivity contribution is 5.77. The lowest BCUT2D eigenvalue weighted by Gasteiger charge is -2.12. The van der Waals surface area contributed by atoms with Crippen LogP contribution in [0.3, 0.4) is 0 Å². The van der Waals surface area contributed by atoms with Crippen molar-refractivity contribution in [3.8, 4) is 5.75 Å². The van der Waals surface area contributed by atoms with Crippen LogP contribution < -0.4 is 15.4 Å². The van der Waals surface area contributed by atoms with Crippen molar-refractivity contribution in [1.82, 2.24) is 10.6 Å². The van der Waals surface area contributed by atoms with Crippen molar-refractivity contribution in [3.05, 3.63) is 29.8 Å². The number of aliphatic hydroxyl groups excluding tert-OH is 1. The number of carbonyl (C=O) groups is 1. The Labute approximate surface area is 101 Å². The first-order valence-corrected chi connectivity index (χ1v) is 5.40. The molecule has 1 aromatic carbocycles. The van der Waals surface area contributed by atoms with Crippen LogP contribution in [0, 0.1) is 0 Å². The molecule has 0 fully saturated rings. The predicted molar refractivity (Wildman–Crippen MR) is 64.9 cm³/mol. The standard InChI is InChI=1S/C12H18N2O3/c1-13-8-12(16)14-7-11(15)9-3-5-10(17-2)6-4-9/h3-6,11,13,15H,7-8H2,1-2H3,(H,14,16). The van der Waals surface area contributed by atoms with Gasteiger partial charge in [0.1, 0.15) is 5.75 Å². The lowest BCUT2D eigenvalue weighted by atomic mass is 10.1. The molecule has 1 aromatic rings. The van der Waals surface area contributed by atoms with Gasteiger partial charge in [-0.1, -0.05) is 12.1 Å². The Balaban J connectivity index is 2.46. The number of aliphatic hydroxyl groups is 1. The monoisotopic (exact) mass is 238 g/mol. The maximum Gasteiger partial charge on any atom is 0.234 e. The molecule has 5 nitrogen and oxygen atoms in total. The number of benzene rings is 1. The van der Waals surface area contributed by atoms with Gasteiger partial charge in [-0.25, -0.2) is 0 Å². The Kier molecular flexibility index (Phi) is 5.45. The highest BCUT2D eigenvalue weighted by Crippen LogP contribution is 2.16. The Morgan fingerprint density at radius 1 is 1.41 bits per heavy atom. The zero-order valence-electron chi connectivity index (χ0n) is 10.1. The number of rotatable bonds is 6. The summed E-state index contributed by atoms with van der Waals surface area (Å²) in [6, 6.07) is 7.09. The van der Waals surface area contributed by atoms with Crippen LogP contribution in [0.4, 0.5) is 0 Å². The quantitative estimate of drug-likeness (QED) is 0.655. The van der Waals surface area contributed by atoms with Gasteiger partial charge < -0.3 is 20.5 Å². The van der Waals surface area contributed by atoms with E-state index in [4.69, 9.17) is 4.74 Å². The number of methoxy groups -OCH3 is 1. The Morgan fingerprint density at radius 3 is 2.59 bits per heavy atom. The number of ether oxygens (including phenoxy) is 1. The molecule has 0 radical (unpaired) electrons. The third-order valence-corrected chi connectivity index (χ3v) is 2.33. The third kappa shape index (κ3) is 4.42. The average molecular weight is 238 g/mol. The summed E-state index contributed by atoms with van der Waals surface area (Å²) in [4.78, 5) is 11.2. The predicted octanol–water partition coefficient (Wildman–Crippen LogP) is 0.0642. The molecule has 0 heterocycles. The third-order valence-electron chi connectivity index (χ3n) is 2.33. The van der Waals surface area contributed by atoms with Gasteiger partial charge in [-0.05, 0) is 24.7 Å². The van der Waals surface area contributed by atoms with E-state index in [0.717, 1.165) is 11.3 Å². The largest absolute Gasteiger partial charge is 0.497 e. The number of amides is 1. The van der Waals surface area contributed by atoms with Crippen molar-refractivity contribution in [3.63, 3.8) is 0 Å². The summed E-state index contributed by atoms with van der Waals surface area (Å²) in [5.41, 5.74) is 0.746. The van der Waals surface area contributed by atoms with Gasteiger partial charge >= 0.3 is 0 Å². The second-order valence-electron chi connectivity index (χ2n) is 3.62. The molecule has 5 heteroatoms. The van der Waals surface area contributed by atoms with Crippen LogP contribution in [0.25, 0.3) is 0 Å². The number of carbonyl (C=O) groups excluding carboxylic acids is 1. The average Bonchev–Trinajstić information content (AvgIpc) is 2.36. The maximum atomic E-state index is 11.2. The summed E-state index contributed by atoms with van der Waals surface area (Å²) in [5, 5.41) is 15.2. The number of nitrogens with one attached hydrogen (secondary N) is 2. The fraction of sp³-hybridized carbons (Fsp3) is 0.417. The lowest BCUT2D eigenvalue weighted by Crippen LogP contribution is -2.34. The van der Waals surface area contributed by atoms with E-state index in [0.29, 0.717) is 0 Å². The van der Waals surface area contributed by atoms with Gasteiger partial charge in [0.25, 0.3) is 0 Å². The van der Waals surface area contributed by atoms with Crippen molar-refractivity contribution in [2.24, 2.45) is 0 Å². The lowest BCUT2D eigenvalue weighted by molar-refractivity contribution is -0.120. The second-order valence-corrected chi connectivity index (χ2v) is 3.62. The zero-order chi connectivity index (χ0) is 12.7. The normalized spacial score (nSPS) is 11.9. The summed E-state index contributed by atoms with van der Waals surface area (Å²) < 4.78 is 5.02. The molecule has 17 heavy (non-hydrogen) atoms. The van der Waals surface area contributed by atoms with Crippen LogP contribution in [-0.4, -0.2) is 38.3 Å². The molecule has 3 N–H and O–H groups in total. The molecule has 0 aliphatic carbocycles. The van der Waals surface area contributed by atoms with Crippen molar-refractivity contribution in [2.75, 3.05) is 27.2 Å². The fourth-order valence-electron chi connectivity index (χ4n) is 1.38.